The van der Waals surface area contributed by atoms with Crippen molar-refractivity contribution in [3.05, 3.63) is 11.6 Å². The van der Waals surface area contributed by atoms with E-state index < -0.39 is 16.8 Å². The molecule has 7 heteroatoms. The summed E-state index contributed by atoms with van der Waals surface area (Å²) in [5, 5.41) is 7.65. The summed E-state index contributed by atoms with van der Waals surface area (Å²) in [7, 11) is -0.825. The molecule has 1 heterocycles. The van der Waals surface area contributed by atoms with E-state index in [2.05, 4.69) is 10.2 Å². The highest BCUT2D eigenvalue weighted by atomic mass is 32.2. The van der Waals surface area contributed by atoms with Crippen LogP contribution in [-0.2, 0) is 22.1 Å². The monoisotopic (exact) mass is 259 g/mol. The van der Waals surface area contributed by atoms with Crippen LogP contribution >= 0.6 is 0 Å². The van der Waals surface area contributed by atoms with Gasteiger partial charge in [-0.05, 0) is 20.3 Å². The van der Waals surface area contributed by atoms with Gasteiger partial charge in [0.1, 0.15) is 5.82 Å². The summed E-state index contributed by atoms with van der Waals surface area (Å²) in [5.41, 5.74) is 0. The van der Waals surface area contributed by atoms with Gasteiger partial charge in [-0.15, -0.1) is 10.2 Å². The fourth-order valence-corrected chi connectivity index (χ4v) is 1.96. The van der Waals surface area contributed by atoms with Crippen molar-refractivity contribution >= 4 is 16.8 Å². The van der Waals surface area contributed by atoms with E-state index in [-0.39, 0.29) is 5.82 Å². The quantitative estimate of drug-likeness (QED) is 0.697. The van der Waals surface area contributed by atoms with Gasteiger partial charge in [0.15, 0.2) is 0 Å². The Morgan fingerprint density at radius 1 is 1.47 bits per heavy atom. The third kappa shape index (κ3) is 3.92. The zero-order valence-corrected chi connectivity index (χ0v) is 11.1. The van der Waals surface area contributed by atoms with Gasteiger partial charge < -0.3 is 9.30 Å². The summed E-state index contributed by atoms with van der Waals surface area (Å²) in [4.78, 5) is 11.6. The predicted octanol–water partition coefficient (Wildman–Crippen LogP) is 0.532. The van der Waals surface area contributed by atoms with E-state index in [0.29, 0.717) is 31.1 Å². The molecule has 1 rings (SSSR count). The average Bonchev–Trinajstić information content (AvgIpc) is 2.60. The van der Waals surface area contributed by atoms with Crippen molar-refractivity contribution < 1.29 is 13.7 Å². The fraction of sp³-hybridized carbons (Fsp3) is 0.700. The molecule has 1 atom stereocenters. The van der Waals surface area contributed by atoms with E-state index in [1.807, 2.05) is 0 Å². The first-order valence-electron chi connectivity index (χ1n) is 5.43. The minimum atomic E-state index is -0.825. The summed E-state index contributed by atoms with van der Waals surface area (Å²) in [5.74, 6) is 1.01. The van der Waals surface area contributed by atoms with Gasteiger partial charge >= 0.3 is 5.97 Å². The standard InChI is InChI=1S/C10H17N3O3S/c1-4-16-10(14)9-12-11-8(2)13(9)6-5-7-17(3)15/h4-7H2,1-3H3. The molecule has 96 valence electrons. The molecule has 0 radical (unpaired) electrons. The van der Waals surface area contributed by atoms with Crippen LogP contribution in [-0.4, -0.2) is 43.6 Å². The Morgan fingerprint density at radius 3 is 2.76 bits per heavy atom. The Kier molecular flexibility index (Phi) is 5.27. The minimum Gasteiger partial charge on any atom is -0.460 e. The topological polar surface area (TPSA) is 74.1 Å². The molecule has 1 unspecified atom stereocenters. The van der Waals surface area contributed by atoms with E-state index in [1.165, 1.54) is 0 Å². The van der Waals surface area contributed by atoms with Gasteiger partial charge in [0.25, 0.3) is 0 Å². The molecule has 1 aromatic rings. The van der Waals surface area contributed by atoms with E-state index >= 15 is 0 Å². The third-order valence-electron chi connectivity index (χ3n) is 2.21. The Labute approximate surface area is 103 Å². The maximum absolute atomic E-state index is 11.6. The van der Waals surface area contributed by atoms with Crippen molar-refractivity contribution in [1.82, 2.24) is 14.8 Å². The maximum atomic E-state index is 11.6. The molecule has 0 bridgehead atoms. The Hall–Kier alpha value is -1.24. The van der Waals surface area contributed by atoms with Crippen molar-refractivity contribution in [1.29, 1.82) is 0 Å². The van der Waals surface area contributed by atoms with Crippen LogP contribution in [0, 0.1) is 6.92 Å². The number of carbonyl (C=O) groups excluding carboxylic acids is 1. The molecule has 0 aliphatic carbocycles. The highest BCUT2D eigenvalue weighted by molar-refractivity contribution is 7.84. The van der Waals surface area contributed by atoms with E-state index in [4.69, 9.17) is 4.74 Å². The molecule has 0 saturated carbocycles. The second-order valence-electron chi connectivity index (χ2n) is 3.57. The van der Waals surface area contributed by atoms with Crippen molar-refractivity contribution in [3.63, 3.8) is 0 Å². The van der Waals surface area contributed by atoms with E-state index in [9.17, 15) is 9.00 Å². The van der Waals surface area contributed by atoms with Crippen LogP contribution in [0.15, 0.2) is 0 Å². The van der Waals surface area contributed by atoms with Crippen molar-refractivity contribution in [3.8, 4) is 0 Å². The molecule has 1 aromatic heterocycles. The second kappa shape index (κ2) is 6.48. The molecular formula is C10H17N3O3S. The molecule has 6 nitrogen and oxygen atoms in total. The Balaban J connectivity index is 2.72. The van der Waals surface area contributed by atoms with Gasteiger partial charge in [-0.2, -0.15) is 0 Å². The van der Waals surface area contributed by atoms with Gasteiger partial charge in [-0.3, -0.25) is 4.21 Å². The first-order chi connectivity index (χ1) is 8.06. The number of aromatic nitrogens is 3. The van der Waals surface area contributed by atoms with Gasteiger partial charge in [0, 0.05) is 29.4 Å². The number of hydrogen-bond acceptors (Lipinski definition) is 5. The lowest BCUT2D eigenvalue weighted by atomic mass is 10.4. The first kappa shape index (κ1) is 13.8. The first-order valence-corrected chi connectivity index (χ1v) is 7.16. The zero-order chi connectivity index (χ0) is 12.8. The highest BCUT2D eigenvalue weighted by Crippen LogP contribution is 2.05. The summed E-state index contributed by atoms with van der Waals surface area (Å²) in [6.45, 7) is 4.40. The predicted molar refractivity (Wildman–Crippen MR) is 64.3 cm³/mol. The van der Waals surface area contributed by atoms with Crippen LogP contribution in [0.1, 0.15) is 29.8 Å². The Bertz CT molecular complexity index is 417. The smallest absolute Gasteiger partial charge is 0.376 e. The zero-order valence-electron chi connectivity index (χ0n) is 10.3. The van der Waals surface area contributed by atoms with Crippen LogP contribution in [0.2, 0.25) is 0 Å². The molecular weight excluding hydrogens is 242 g/mol. The van der Waals surface area contributed by atoms with Crippen molar-refractivity contribution in [2.75, 3.05) is 18.6 Å². The lowest BCUT2D eigenvalue weighted by Gasteiger charge is -2.07. The Morgan fingerprint density at radius 2 is 2.18 bits per heavy atom. The maximum Gasteiger partial charge on any atom is 0.376 e. The van der Waals surface area contributed by atoms with Crippen LogP contribution in [0.3, 0.4) is 0 Å². The van der Waals surface area contributed by atoms with Gasteiger partial charge in [0.2, 0.25) is 5.82 Å². The SMILES string of the molecule is CCOC(=O)c1nnc(C)n1CCCS(C)=O. The van der Waals surface area contributed by atoms with Gasteiger partial charge in [-0.25, -0.2) is 4.79 Å². The number of nitrogens with zero attached hydrogens (tertiary/aromatic N) is 3. The highest BCUT2D eigenvalue weighted by Gasteiger charge is 2.17. The van der Waals surface area contributed by atoms with Gasteiger partial charge in [0.05, 0.1) is 6.61 Å². The van der Waals surface area contributed by atoms with Crippen LogP contribution < -0.4 is 0 Å². The summed E-state index contributed by atoms with van der Waals surface area (Å²) in [6, 6.07) is 0. The molecule has 0 saturated heterocycles. The molecule has 17 heavy (non-hydrogen) atoms. The lowest BCUT2D eigenvalue weighted by Crippen LogP contribution is -2.15. The summed E-state index contributed by atoms with van der Waals surface area (Å²) >= 11 is 0. The van der Waals surface area contributed by atoms with E-state index in [1.54, 1.807) is 24.7 Å². The summed E-state index contributed by atoms with van der Waals surface area (Å²) < 4.78 is 17.5. The molecule has 0 fully saturated rings. The van der Waals surface area contributed by atoms with Crippen molar-refractivity contribution in [2.45, 2.75) is 26.8 Å². The number of rotatable bonds is 6. The van der Waals surface area contributed by atoms with Crippen LogP contribution in [0.4, 0.5) is 0 Å². The molecule has 0 N–H and O–H groups in total. The van der Waals surface area contributed by atoms with Gasteiger partial charge in [-0.1, -0.05) is 0 Å². The minimum absolute atomic E-state index is 0.214. The van der Waals surface area contributed by atoms with Crippen LogP contribution in [0.5, 0.6) is 0 Å². The molecule has 0 aliphatic rings. The normalized spacial score (nSPS) is 12.4. The fourth-order valence-electron chi connectivity index (χ4n) is 1.42. The average molecular weight is 259 g/mol. The lowest BCUT2D eigenvalue weighted by molar-refractivity contribution is 0.0505. The summed E-state index contributed by atoms with van der Waals surface area (Å²) in [6.07, 6.45) is 2.37. The third-order valence-corrected chi connectivity index (χ3v) is 3.07. The number of aryl methyl sites for hydroxylation is 1. The number of hydrogen-bond donors (Lipinski definition) is 0. The number of esters is 1. The van der Waals surface area contributed by atoms with Crippen molar-refractivity contribution in [2.24, 2.45) is 0 Å². The molecule has 0 aromatic carbocycles. The van der Waals surface area contributed by atoms with E-state index in [0.717, 1.165) is 0 Å². The van der Waals surface area contributed by atoms with Crippen LogP contribution in [0.25, 0.3) is 0 Å². The molecule has 0 aliphatic heterocycles. The number of carbonyl (C=O) groups is 1. The largest absolute Gasteiger partial charge is 0.460 e. The molecule has 0 spiro atoms. The second-order valence-corrected chi connectivity index (χ2v) is 5.13. The molecule has 0 amide bonds. The number of ether oxygens (including phenoxy) is 1.